The van der Waals surface area contributed by atoms with Crippen LogP contribution < -0.4 is 0 Å². The summed E-state index contributed by atoms with van der Waals surface area (Å²) < 4.78 is 0. The molecule has 0 aliphatic heterocycles. The zero-order valence-electron chi connectivity index (χ0n) is 8.65. The molecule has 0 bridgehead atoms. The second-order valence-electron chi connectivity index (χ2n) is 3.50. The topological polar surface area (TPSA) is 3.24 Å². The molecular formula is C10H22BrN. The van der Waals surface area contributed by atoms with Crippen molar-refractivity contribution in [1.29, 1.82) is 0 Å². The van der Waals surface area contributed by atoms with Crippen LogP contribution in [-0.4, -0.2) is 29.9 Å². The molecule has 0 saturated carbocycles. The second-order valence-corrected chi connectivity index (χ2v) is 4.30. The standard InChI is InChI=1S/C10H22BrN/c1-4-7-12(8-6-11)9-10(3)5-2/h10H,4-9H2,1-3H3. The van der Waals surface area contributed by atoms with Gasteiger partial charge in [-0.05, 0) is 18.9 Å². The first-order chi connectivity index (χ1) is 5.74. The number of rotatable bonds is 7. The Labute approximate surface area is 85.7 Å². The third-order valence-corrected chi connectivity index (χ3v) is 2.56. The third kappa shape index (κ3) is 6.01. The highest BCUT2D eigenvalue weighted by Crippen LogP contribution is 2.05. The van der Waals surface area contributed by atoms with Gasteiger partial charge in [-0.2, -0.15) is 0 Å². The van der Waals surface area contributed by atoms with Crippen molar-refractivity contribution in [2.75, 3.05) is 25.0 Å². The lowest BCUT2D eigenvalue weighted by molar-refractivity contribution is 0.249. The Morgan fingerprint density at radius 3 is 2.33 bits per heavy atom. The maximum absolute atomic E-state index is 3.49. The molecule has 74 valence electrons. The summed E-state index contributed by atoms with van der Waals surface area (Å²) in [5.74, 6) is 0.843. The lowest BCUT2D eigenvalue weighted by Gasteiger charge is -2.23. The summed E-state index contributed by atoms with van der Waals surface area (Å²) in [6, 6.07) is 0. The van der Waals surface area contributed by atoms with Crippen LogP contribution in [0, 0.1) is 5.92 Å². The van der Waals surface area contributed by atoms with Crippen LogP contribution in [0.1, 0.15) is 33.6 Å². The van der Waals surface area contributed by atoms with Gasteiger partial charge in [-0.25, -0.2) is 0 Å². The van der Waals surface area contributed by atoms with E-state index in [2.05, 4.69) is 41.6 Å². The monoisotopic (exact) mass is 235 g/mol. The maximum Gasteiger partial charge on any atom is 0.0159 e. The summed E-state index contributed by atoms with van der Waals surface area (Å²) in [5, 5.41) is 1.10. The summed E-state index contributed by atoms with van der Waals surface area (Å²) >= 11 is 3.49. The summed E-state index contributed by atoms with van der Waals surface area (Å²) in [5.41, 5.74) is 0. The van der Waals surface area contributed by atoms with Crippen LogP contribution in [-0.2, 0) is 0 Å². The summed E-state index contributed by atoms with van der Waals surface area (Å²) in [4.78, 5) is 2.54. The molecule has 0 amide bonds. The van der Waals surface area contributed by atoms with Crippen molar-refractivity contribution >= 4 is 15.9 Å². The molecule has 0 aromatic carbocycles. The molecule has 0 saturated heterocycles. The van der Waals surface area contributed by atoms with Crippen LogP contribution in [0.4, 0.5) is 0 Å². The summed E-state index contributed by atoms with van der Waals surface area (Å²) in [7, 11) is 0. The molecule has 0 aliphatic rings. The molecule has 0 aromatic heterocycles. The SMILES string of the molecule is CCCN(CCBr)CC(C)CC. The van der Waals surface area contributed by atoms with E-state index in [-0.39, 0.29) is 0 Å². The van der Waals surface area contributed by atoms with E-state index >= 15 is 0 Å². The van der Waals surface area contributed by atoms with Crippen LogP contribution in [0.15, 0.2) is 0 Å². The van der Waals surface area contributed by atoms with Gasteiger partial charge in [0, 0.05) is 18.4 Å². The minimum Gasteiger partial charge on any atom is -0.302 e. The van der Waals surface area contributed by atoms with Crippen molar-refractivity contribution in [3.8, 4) is 0 Å². The van der Waals surface area contributed by atoms with Gasteiger partial charge >= 0.3 is 0 Å². The fourth-order valence-electron chi connectivity index (χ4n) is 1.30. The average molecular weight is 236 g/mol. The Bertz CT molecular complexity index is 89.8. The molecule has 1 nitrogen and oxygen atoms in total. The van der Waals surface area contributed by atoms with Crippen molar-refractivity contribution in [2.45, 2.75) is 33.6 Å². The van der Waals surface area contributed by atoms with Crippen molar-refractivity contribution in [2.24, 2.45) is 5.92 Å². The molecule has 0 aliphatic carbocycles. The van der Waals surface area contributed by atoms with E-state index < -0.39 is 0 Å². The predicted molar refractivity (Wildman–Crippen MR) is 60.0 cm³/mol. The number of alkyl halides is 1. The number of nitrogens with zero attached hydrogens (tertiary/aromatic N) is 1. The zero-order chi connectivity index (χ0) is 9.40. The molecule has 12 heavy (non-hydrogen) atoms. The van der Waals surface area contributed by atoms with Gasteiger partial charge in [0.25, 0.3) is 0 Å². The van der Waals surface area contributed by atoms with Crippen molar-refractivity contribution in [3.63, 3.8) is 0 Å². The van der Waals surface area contributed by atoms with Crippen molar-refractivity contribution < 1.29 is 0 Å². The number of hydrogen-bond donors (Lipinski definition) is 0. The highest BCUT2D eigenvalue weighted by Gasteiger charge is 2.06. The van der Waals surface area contributed by atoms with Gasteiger partial charge in [0.15, 0.2) is 0 Å². The van der Waals surface area contributed by atoms with E-state index in [1.807, 2.05) is 0 Å². The molecule has 0 radical (unpaired) electrons. The zero-order valence-corrected chi connectivity index (χ0v) is 10.2. The molecule has 0 rings (SSSR count). The highest BCUT2D eigenvalue weighted by molar-refractivity contribution is 9.09. The van der Waals surface area contributed by atoms with Crippen LogP contribution in [0.3, 0.4) is 0 Å². The second kappa shape index (κ2) is 8.06. The van der Waals surface area contributed by atoms with Gasteiger partial charge in [0.05, 0.1) is 0 Å². The van der Waals surface area contributed by atoms with Gasteiger partial charge in [0.2, 0.25) is 0 Å². The van der Waals surface area contributed by atoms with E-state index in [9.17, 15) is 0 Å². The molecule has 0 spiro atoms. The molecule has 1 unspecified atom stereocenters. The quantitative estimate of drug-likeness (QED) is 0.614. The summed E-state index contributed by atoms with van der Waals surface area (Å²) in [6.07, 6.45) is 2.56. The van der Waals surface area contributed by atoms with Gasteiger partial charge in [-0.15, -0.1) is 0 Å². The van der Waals surface area contributed by atoms with E-state index in [0.29, 0.717) is 0 Å². The van der Waals surface area contributed by atoms with Gasteiger partial charge in [0.1, 0.15) is 0 Å². The Hall–Kier alpha value is 0.440. The Balaban J connectivity index is 3.61. The lowest BCUT2D eigenvalue weighted by Crippen LogP contribution is -2.30. The van der Waals surface area contributed by atoms with E-state index in [0.717, 1.165) is 11.2 Å². The molecular weight excluding hydrogens is 214 g/mol. The van der Waals surface area contributed by atoms with Crippen molar-refractivity contribution in [3.05, 3.63) is 0 Å². The fourth-order valence-corrected chi connectivity index (χ4v) is 1.80. The average Bonchev–Trinajstić information content (AvgIpc) is 2.05. The molecule has 1 atom stereocenters. The lowest BCUT2D eigenvalue weighted by atomic mass is 10.1. The minimum absolute atomic E-state index is 0.843. The van der Waals surface area contributed by atoms with Gasteiger partial charge in [-0.1, -0.05) is 43.1 Å². The molecule has 0 aromatic rings. The first-order valence-corrected chi connectivity index (χ1v) is 6.15. The van der Waals surface area contributed by atoms with Crippen LogP contribution >= 0.6 is 15.9 Å². The van der Waals surface area contributed by atoms with E-state index in [1.165, 1.54) is 32.5 Å². The maximum atomic E-state index is 3.49. The summed E-state index contributed by atoms with van der Waals surface area (Å²) in [6.45, 7) is 10.5. The van der Waals surface area contributed by atoms with E-state index in [4.69, 9.17) is 0 Å². The Morgan fingerprint density at radius 1 is 1.25 bits per heavy atom. The normalized spacial score (nSPS) is 13.8. The first-order valence-electron chi connectivity index (χ1n) is 5.02. The first kappa shape index (κ1) is 12.4. The molecule has 0 heterocycles. The minimum atomic E-state index is 0.843. The Morgan fingerprint density at radius 2 is 1.92 bits per heavy atom. The van der Waals surface area contributed by atoms with Crippen molar-refractivity contribution in [1.82, 2.24) is 4.90 Å². The Kier molecular flexibility index (Phi) is 8.35. The third-order valence-electron chi connectivity index (χ3n) is 2.21. The molecule has 0 fully saturated rings. The smallest absolute Gasteiger partial charge is 0.0159 e. The number of halogens is 1. The van der Waals surface area contributed by atoms with Crippen LogP contribution in [0.5, 0.6) is 0 Å². The van der Waals surface area contributed by atoms with Gasteiger partial charge < -0.3 is 4.90 Å². The predicted octanol–water partition coefficient (Wildman–Crippen LogP) is 3.14. The van der Waals surface area contributed by atoms with Crippen LogP contribution in [0.2, 0.25) is 0 Å². The fraction of sp³-hybridized carbons (Fsp3) is 1.00. The largest absolute Gasteiger partial charge is 0.302 e. The van der Waals surface area contributed by atoms with E-state index in [1.54, 1.807) is 0 Å². The molecule has 0 N–H and O–H groups in total. The molecule has 2 heteroatoms. The van der Waals surface area contributed by atoms with Gasteiger partial charge in [-0.3, -0.25) is 0 Å². The highest BCUT2D eigenvalue weighted by atomic mass is 79.9. The number of hydrogen-bond acceptors (Lipinski definition) is 1. The van der Waals surface area contributed by atoms with Crippen LogP contribution in [0.25, 0.3) is 0 Å².